The van der Waals surface area contributed by atoms with Crippen molar-refractivity contribution < 1.29 is 0 Å². The average molecular weight is 230 g/mol. The third kappa shape index (κ3) is 2.78. The summed E-state index contributed by atoms with van der Waals surface area (Å²) >= 11 is 0. The fourth-order valence-corrected chi connectivity index (χ4v) is 1.77. The third-order valence-corrected chi connectivity index (χ3v) is 2.63. The Morgan fingerprint density at radius 2 is 2.06 bits per heavy atom. The lowest BCUT2D eigenvalue weighted by molar-refractivity contribution is 0.767. The van der Waals surface area contributed by atoms with Crippen LogP contribution in [0.4, 0.5) is 11.4 Å². The summed E-state index contributed by atoms with van der Waals surface area (Å²) in [4.78, 5) is 2.10. The molecule has 0 unspecified atom stereocenters. The molecule has 0 saturated heterocycles. The van der Waals surface area contributed by atoms with Gasteiger partial charge in [0.2, 0.25) is 0 Å². The highest BCUT2D eigenvalue weighted by molar-refractivity contribution is 5.69. The molecule has 17 heavy (non-hydrogen) atoms. The Hall–Kier alpha value is -1.97. The molecule has 0 fully saturated rings. The highest BCUT2D eigenvalue weighted by Gasteiger charge is 2.03. The molecule has 0 bridgehead atoms. The van der Waals surface area contributed by atoms with Gasteiger partial charge in [-0.15, -0.1) is 0 Å². The number of rotatable bonds is 4. The topological polar surface area (TPSA) is 33.1 Å². The second-order valence-corrected chi connectivity index (χ2v) is 4.29. The van der Waals surface area contributed by atoms with Crippen molar-refractivity contribution in [3.8, 4) is 0 Å². The molecule has 0 atom stereocenters. The van der Waals surface area contributed by atoms with E-state index in [0.29, 0.717) is 0 Å². The van der Waals surface area contributed by atoms with E-state index in [-0.39, 0.29) is 0 Å². The number of aromatic nitrogens is 2. The van der Waals surface area contributed by atoms with E-state index in [1.54, 1.807) is 0 Å². The van der Waals surface area contributed by atoms with E-state index >= 15 is 0 Å². The van der Waals surface area contributed by atoms with Crippen LogP contribution in [0.3, 0.4) is 0 Å². The van der Waals surface area contributed by atoms with Crippen LogP contribution in [-0.4, -0.2) is 23.9 Å². The normalized spacial score (nSPS) is 10.3. The molecule has 1 heterocycles. The summed E-state index contributed by atoms with van der Waals surface area (Å²) in [6, 6.07) is 8.28. The van der Waals surface area contributed by atoms with Crippen LogP contribution < -0.4 is 10.2 Å². The molecule has 4 heteroatoms. The Balaban J connectivity index is 2.08. The van der Waals surface area contributed by atoms with Gasteiger partial charge >= 0.3 is 0 Å². The van der Waals surface area contributed by atoms with Crippen molar-refractivity contribution in [3.05, 3.63) is 42.2 Å². The molecule has 1 aromatic heterocycles. The van der Waals surface area contributed by atoms with E-state index in [2.05, 4.69) is 27.4 Å². The first-order valence-corrected chi connectivity index (χ1v) is 5.64. The highest BCUT2D eigenvalue weighted by Crippen LogP contribution is 2.23. The average Bonchev–Trinajstić information content (AvgIpc) is 2.73. The van der Waals surface area contributed by atoms with Crippen molar-refractivity contribution in [1.82, 2.24) is 9.78 Å². The molecule has 4 nitrogen and oxygen atoms in total. The number of anilines is 2. The van der Waals surface area contributed by atoms with E-state index < -0.39 is 0 Å². The summed E-state index contributed by atoms with van der Waals surface area (Å²) in [5.41, 5.74) is 3.51. The first kappa shape index (κ1) is 11.5. The Bertz CT molecular complexity index is 488. The molecular formula is C13H18N4. The third-order valence-electron chi connectivity index (χ3n) is 2.63. The Labute approximate surface area is 102 Å². The number of nitrogens with one attached hydrogen (secondary N) is 1. The van der Waals surface area contributed by atoms with Crippen LogP contribution in [0.2, 0.25) is 0 Å². The second-order valence-electron chi connectivity index (χ2n) is 4.29. The monoisotopic (exact) mass is 230 g/mol. The van der Waals surface area contributed by atoms with Crippen molar-refractivity contribution in [1.29, 1.82) is 0 Å². The lowest BCUT2D eigenvalue weighted by Gasteiger charge is -2.18. The summed E-state index contributed by atoms with van der Waals surface area (Å²) < 4.78 is 1.81. The standard InChI is InChI=1S/C13H18N4/c1-16(2)13-7-5-4-6-12(13)14-8-11-9-15-17(3)10-11/h4-7,9-10,14H,8H2,1-3H3. The SMILES string of the molecule is CN(C)c1ccccc1NCc1cnn(C)c1. The first-order valence-electron chi connectivity index (χ1n) is 5.64. The van der Waals surface area contributed by atoms with Gasteiger partial charge in [0.1, 0.15) is 0 Å². The number of para-hydroxylation sites is 2. The molecule has 1 N–H and O–H groups in total. The summed E-state index contributed by atoms with van der Waals surface area (Å²) in [6.45, 7) is 0.790. The van der Waals surface area contributed by atoms with Crippen LogP contribution in [0.15, 0.2) is 36.7 Å². The lowest BCUT2D eigenvalue weighted by Crippen LogP contribution is -2.11. The van der Waals surface area contributed by atoms with E-state index in [1.165, 1.54) is 11.3 Å². The Kier molecular flexibility index (Phi) is 3.32. The molecule has 1 aromatic carbocycles. The molecule has 0 saturated carbocycles. The summed E-state index contributed by atoms with van der Waals surface area (Å²) in [7, 11) is 6.02. The molecule has 0 aliphatic heterocycles. The molecule has 0 amide bonds. The Morgan fingerprint density at radius 3 is 2.71 bits per heavy atom. The smallest absolute Gasteiger partial charge is 0.0596 e. The minimum Gasteiger partial charge on any atom is -0.379 e. The molecule has 0 radical (unpaired) electrons. The summed E-state index contributed by atoms with van der Waals surface area (Å²) in [5, 5.41) is 7.58. The number of nitrogens with zero attached hydrogens (tertiary/aromatic N) is 3. The van der Waals surface area contributed by atoms with E-state index in [0.717, 1.165) is 12.2 Å². The number of hydrogen-bond donors (Lipinski definition) is 1. The Morgan fingerprint density at radius 1 is 1.29 bits per heavy atom. The van der Waals surface area contributed by atoms with E-state index in [1.807, 2.05) is 50.4 Å². The molecule has 0 spiro atoms. The van der Waals surface area contributed by atoms with Crippen LogP contribution in [0, 0.1) is 0 Å². The second kappa shape index (κ2) is 4.91. The zero-order valence-corrected chi connectivity index (χ0v) is 10.5. The predicted molar refractivity (Wildman–Crippen MR) is 71.3 cm³/mol. The van der Waals surface area contributed by atoms with Gasteiger partial charge in [0.15, 0.2) is 0 Å². The van der Waals surface area contributed by atoms with Crippen molar-refractivity contribution in [3.63, 3.8) is 0 Å². The maximum Gasteiger partial charge on any atom is 0.0596 e. The van der Waals surface area contributed by atoms with Gasteiger partial charge in [0.05, 0.1) is 17.6 Å². The lowest BCUT2D eigenvalue weighted by atomic mass is 10.2. The van der Waals surface area contributed by atoms with Crippen LogP contribution in [0.1, 0.15) is 5.56 Å². The van der Waals surface area contributed by atoms with Crippen LogP contribution in [0.25, 0.3) is 0 Å². The summed E-state index contributed by atoms with van der Waals surface area (Å²) in [6.07, 6.45) is 3.90. The quantitative estimate of drug-likeness (QED) is 0.873. The number of hydrogen-bond acceptors (Lipinski definition) is 3. The van der Waals surface area contributed by atoms with Crippen LogP contribution in [0.5, 0.6) is 0 Å². The fraction of sp³-hybridized carbons (Fsp3) is 0.308. The predicted octanol–water partition coefficient (Wildman–Crippen LogP) is 2.10. The summed E-state index contributed by atoms with van der Waals surface area (Å²) in [5.74, 6) is 0. The molecule has 2 aromatic rings. The van der Waals surface area contributed by atoms with Gasteiger partial charge < -0.3 is 10.2 Å². The van der Waals surface area contributed by atoms with E-state index in [9.17, 15) is 0 Å². The molecule has 90 valence electrons. The van der Waals surface area contributed by atoms with Gasteiger partial charge in [-0.1, -0.05) is 12.1 Å². The van der Waals surface area contributed by atoms with Crippen LogP contribution in [-0.2, 0) is 13.6 Å². The van der Waals surface area contributed by atoms with Crippen molar-refractivity contribution >= 4 is 11.4 Å². The number of benzene rings is 1. The zero-order chi connectivity index (χ0) is 12.3. The van der Waals surface area contributed by atoms with Gasteiger partial charge in [0.25, 0.3) is 0 Å². The van der Waals surface area contributed by atoms with Gasteiger partial charge in [-0.25, -0.2) is 0 Å². The maximum atomic E-state index is 4.15. The molecule has 2 rings (SSSR count). The molecule has 0 aliphatic rings. The van der Waals surface area contributed by atoms with Crippen LogP contribution >= 0.6 is 0 Å². The van der Waals surface area contributed by atoms with Crippen molar-refractivity contribution in [2.75, 3.05) is 24.3 Å². The highest BCUT2D eigenvalue weighted by atomic mass is 15.2. The first-order chi connectivity index (χ1) is 8.16. The van der Waals surface area contributed by atoms with Gasteiger partial charge in [0, 0.05) is 39.4 Å². The molecule has 0 aliphatic carbocycles. The van der Waals surface area contributed by atoms with Crippen molar-refractivity contribution in [2.45, 2.75) is 6.54 Å². The maximum absolute atomic E-state index is 4.15. The largest absolute Gasteiger partial charge is 0.379 e. The number of aryl methyl sites for hydroxylation is 1. The van der Waals surface area contributed by atoms with Gasteiger partial charge in [-0.2, -0.15) is 5.10 Å². The minimum atomic E-state index is 0.790. The van der Waals surface area contributed by atoms with E-state index in [4.69, 9.17) is 0 Å². The van der Waals surface area contributed by atoms with Gasteiger partial charge in [-0.3, -0.25) is 4.68 Å². The molecular weight excluding hydrogens is 212 g/mol. The van der Waals surface area contributed by atoms with Crippen molar-refractivity contribution in [2.24, 2.45) is 7.05 Å². The fourth-order valence-electron chi connectivity index (χ4n) is 1.77. The zero-order valence-electron chi connectivity index (χ0n) is 10.5. The van der Waals surface area contributed by atoms with Gasteiger partial charge in [-0.05, 0) is 12.1 Å². The minimum absolute atomic E-state index is 0.790.